The first-order valence-electron chi connectivity index (χ1n) is 11.8. The van der Waals surface area contributed by atoms with Crippen molar-refractivity contribution >= 4 is 38.2 Å². The number of amides is 1. The van der Waals surface area contributed by atoms with E-state index in [-0.39, 0.29) is 21.6 Å². The second kappa shape index (κ2) is 9.99. The third-order valence-electron chi connectivity index (χ3n) is 6.48. The van der Waals surface area contributed by atoms with Gasteiger partial charge in [-0.25, -0.2) is 8.42 Å². The lowest BCUT2D eigenvalue weighted by molar-refractivity contribution is -0.137. The summed E-state index contributed by atoms with van der Waals surface area (Å²) in [5, 5.41) is 0.798. The summed E-state index contributed by atoms with van der Waals surface area (Å²) in [6.45, 7) is 0.583. The standard InChI is InChI=1S/C27H22ClF3N2O4S/c28-18-7-11-21(12-8-18)38(35,36)25-22-3-1-2-4-23(22)32-24(25)26(34)33-15-13-20(14-16-33)37-19-9-5-17(6-10-19)27(29,30)31/h1-12,20,32H,13-16H2. The Morgan fingerprint density at radius 2 is 1.58 bits per heavy atom. The van der Waals surface area contributed by atoms with Crippen molar-refractivity contribution < 1.29 is 31.1 Å². The summed E-state index contributed by atoms with van der Waals surface area (Å²) in [6.07, 6.45) is -3.85. The van der Waals surface area contributed by atoms with Gasteiger partial charge in [-0.05, 0) is 54.6 Å². The average molecular weight is 563 g/mol. The molecule has 11 heteroatoms. The number of para-hydroxylation sites is 1. The number of halogens is 4. The molecule has 1 aliphatic heterocycles. The van der Waals surface area contributed by atoms with Gasteiger partial charge >= 0.3 is 6.18 Å². The molecule has 1 N–H and O–H groups in total. The lowest BCUT2D eigenvalue weighted by atomic mass is 10.1. The topological polar surface area (TPSA) is 79.5 Å². The molecule has 0 atom stereocenters. The van der Waals surface area contributed by atoms with Crippen LogP contribution in [0.25, 0.3) is 10.9 Å². The van der Waals surface area contributed by atoms with Crippen LogP contribution in [0.4, 0.5) is 13.2 Å². The zero-order valence-corrected chi connectivity index (χ0v) is 21.4. The SMILES string of the molecule is O=C(c1[nH]c2ccccc2c1S(=O)(=O)c1ccc(Cl)cc1)N1CCC(Oc2ccc(C(F)(F)F)cc2)CC1. The van der Waals surface area contributed by atoms with Gasteiger partial charge in [0.1, 0.15) is 22.4 Å². The smallest absolute Gasteiger partial charge is 0.416 e. The summed E-state index contributed by atoms with van der Waals surface area (Å²) >= 11 is 5.94. The Hall–Kier alpha value is -3.50. The minimum absolute atomic E-state index is 0.0179. The van der Waals surface area contributed by atoms with Crippen molar-refractivity contribution in [3.05, 3.63) is 89.1 Å². The molecule has 0 saturated carbocycles. The fourth-order valence-corrected chi connectivity index (χ4v) is 6.26. The molecule has 5 rings (SSSR count). The highest BCUT2D eigenvalue weighted by atomic mass is 35.5. The highest BCUT2D eigenvalue weighted by molar-refractivity contribution is 7.91. The lowest BCUT2D eigenvalue weighted by Crippen LogP contribution is -2.42. The number of fused-ring (bicyclic) bond motifs is 1. The summed E-state index contributed by atoms with van der Waals surface area (Å²) < 4.78 is 71.5. The Labute approximate surface area is 221 Å². The van der Waals surface area contributed by atoms with E-state index in [2.05, 4.69) is 4.98 Å². The van der Waals surface area contributed by atoms with Crippen LogP contribution in [-0.2, 0) is 16.0 Å². The first-order chi connectivity index (χ1) is 18.0. The first-order valence-corrected chi connectivity index (χ1v) is 13.6. The number of carbonyl (C=O) groups excluding carboxylic acids is 1. The third kappa shape index (κ3) is 5.10. The summed E-state index contributed by atoms with van der Waals surface area (Å²) in [7, 11) is -4.06. The first kappa shape index (κ1) is 26.1. The van der Waals surface area contributed by atoms with Gasteiger partial charge in [0.15, 0.2) is 0 Å². The number of nitrogens with one attached hydrogen (secondary N) is 1. The number of likely N-dealkylation sites (tertiary alicyclic amines) is 1. The average Bonchev–Trinajstić information content (AvgIpc) is 3.29. The molecule has 0 bridgehead atoms. The Morgan fingerprint density at radius 1 is 0.947 bits per heavy atom. The molecule has 1 saturated heterocycles. The van der Waals surface area contributed by atoms with Crippen LogP contribution < -0.4 is 4.74 Å². The molecular formula is C27H22ClF3N2O4S. The number of alkyl halides is 3. The van der Waals surface area contributed by atoms with Gasteiger partial charge in [0, 0.05) is 41.9 Å². The number of aromatic nitrogens is 1. The molecule has 38 heavy (non-hydrogen) atoms. The number of benzene rings is 3. The predicted octanol–water partition coefficient (Wildman–Crippen LogP) is 6.36. The van der Waals surface area contributed by atoms with Crippen LogP contribution in [0.15, 0.2) is 82.6 Å². The van der Waals surface area contributed by atoms with Crippen molar-refractivity contribution in [2.75, 3.05) is 13.1 Å². The zero-order valence-electron chi connectivity index (χ0n) is 19.8. The third-order valence-corrected chi connectivity index (χ3v) is 8.58. The maximum Gasteiger partial charge on any atom is 0.416 e. The second-order valence-corrected chi connectivity index (χ2v) is 11.3. The molecule has 3 aromatic carbocycles. The van der Waals surface area contributed by atoms with Gasteiger partial charge in [0.2, 0.25) is 9.84 Å². The normalized spacial score (nSPS) is 15.1. The molecular weight excluding hydrogens is 541 g/mol. The van der Waals surface area contributed by atoms with Crippen LogP contribution >= 0.6 is 11.6 Å². The molecule has 198 valence electrons. The quantitative estimate of drug-likeness (QED) is 0.307. The molecule has 0 aliphatic carbocycles. The number of ether oxygens (including phenoxy) is 1. The number of rotatable bonds is 5. The van der Waals surface area contributed by atoms with E-state index in [1.807, 2.05) is 0 Å². The molecule has 6 nitrogen and oxygen atoms in total. The van der Waals surface area contributed by atoms with Gasteiger partial charge in [-0.15, -0.1) is 0 Å². The highest BCUT2D eigenvalue weighted by Gasteiger charge is 2.34. The molecule has 0 radical (unpaired) electrons. The van der Waals surface area contributed by atoms with Crippen LogP contribution in [0.5, 0.6) is 5.75 Å². The molecule has 4 aromatic rings. The number of nitrogens with zero attached hydrogens (tertiary/aromatic N) is 1. The minimum atomic E-state index is -4.42. The van der Waals surface area contributed by atoms with E-state index in [4.69, 9.17) is 16.3 Å². The van der Waals surface area contributed by atoms with Gasteiger partial charge < -0.3 is 14.6 Å². The maximum atomic E-state index is 13.6. The molecule has 1 aromatic heterocycles. The van der Waals surface area contributed by atoms with Gasteiger partial charge in [-0.1, -0.05) is 29.8 Å². The Bertz CT molecular complexity index is 1580. The molecule has 1 amide bonds. The number of hydrogen-bond acceptors (Lipinski definition) is 4. The van der Waals surface area contributed by atoms with Crippen molar-refractivity contribution in [3.63, 3.8) is 0 Å². The van der Waals surface area contributed by atoms with Crippen LogP contribution in [0.2, 0.25) is 5.02 Å². The van der Waals surface area contributed by atoms with E-state index in [1.165, 1.54) is 36.4 Å². The van der Waals surface area contributed by atoms with Crippen LogP contribution in [0.1, 0.15) is 28.9 Å². The summed E-state index contributed by atoms with van der Waals surface area (Å²) in [5.74, 6) is -0.142. The summed E-state index contributed by atoms with van der Waals surface area (Å²) in [6, 6.07) is 17.0. The maximum absolute atomic E-state index is 13.6. The molecule has 0 spiro atoms. The van der Waals surface area contributed by atoms with Crippen molar-refractivity contribution in [2.45, 2.75) is 34.9 Å². The zero-order chi connectivity index (χ0) is 27.1. The van der Waals surface area contributed by atoms with E-state index < -0.39 is 27.5 Å². The Kier molecular flexibility index (Phi) is 6.87. The number of H-pyrrole nitrogens is 1. The largest absolute Gasteiger partial charge is 0.490 e. The van der Waals surface area contributed by atoms with Crippen molar-refractivity contribution in [1.29, 1.82) is 0 Å². The van der Waals surface area contributed by atoms with Crippen molar-refractivity contribution in [1.82, 2.24) is 9.88 Å². The second-order valence-electron chi connectivity index (χ2n) is 8.96. The fourth-order valence-electron chi connectivity index (χ4n) is 4.53. The number of aromatic amines is 1. The molecule has 1 aliphatic rings. The predicted molar refractivity (Wildman–Crippen MR) is 136 cm³/mol. The lowest BCUT2D eigenvalue weighted by Gasteiger charge is -2.32. The van der Waals surface area contributed by atoms with Crippen LogP contribution in [0.3, 0.4) is 0 Å². The number of hydrogen-bond donors (Lipinski definition) is 1. The van der Waals surface area contributed by atoms with Gasteiger partial charge in [0.05, 0.1) is 10.5 Å². The molecule has 0 unspecified atom stereocenters. The minimum Gasteiger partial charge on any atom is -0.490 e. The number of carbonyl (C=O) groups is 1. The van der Waals surface area contributed by atoms with Gasteiger partial charge in [-0.2, -0.15) is 13.2 Å². The van der Waals surface area contributed by atoms with E-state index in [0.29, 0.717) is 47.6 Å². The number of piperidine rings is 1. The van der Waals surface area contributed by atoms with E-state index in [1.54, 1.807) is 29.2 Å². The molecule has 1 fully saturated rings. The molecule has 2 heterocycles. The van der Waals surface area contributed by atoms with Crippen LogP contribution in [-0.4, -0.2) is 43.4 Å². The number of sulfone groups is 1. The van der Waals surface area contributed by atoms with Crippen molar-refractivity contribution in [3.8, 4) is 5.75 Å². The van der Waals surface area contributed by atoms with E-state index in [0.717, 1.165) is 12.1 Å². The Morgan fingerprint density at radius 3 is 2.21 bits per heavy atom. The van der Waals surface area contributed by atoms with Crippen LogP contribution in [0, 0.1) is 0 Å². The fraction of sp³-hybridized carbons (Fsp3) is 0.222. The van der Waals surface area contributed by atoms with Gasteiger partial charge in [0.25, 0.3) is 5.91 Å². The highest BCUT2D eigenvalue weighted by Crippen LogP contribution is 2.34. The summed E-state index contributed by atoms with van der Waals surface area (Å²) in [5.41, 5.74) is -0.264. The van der Waals surface area contributed by atoms with E-state index >= 15 is 0 Å². The van der Waals surface area contributed by atoms with Gasteiger partial charge in [-0.3, -0.25) is 4.79 Å². The Balaban J connectivity index is 1.36. The summed E-state index contributed by atoms with van der Waals surface area (Å²) in [4.78, 5) is 18.1. The monoisotopic (exact) mass is 562 g/mol. The van der Waals surface area contributed by atoms with Crippen molar-refractivity contribution in [2.24, 2.45) is 0 Å². The van der Waals surface area contributed by atoms with E-state index in [9.17, 15) is 26.4 Å².